The van der Waals surface area contributed by atoms with E-state index in [-0.39, 0.29) is 6.04 Å². The van der Waals surface area contributed by atoms with Gasteiger partial charge >= 0.3 is 0 Å². The molecule has 5 heteroatoms. The molecular formula is C16H17BrN2OS. The first-order chi connectivity index (χ1) is 10.3. The maximum absolute atomic E-state index is 5.85. The Balaban J connectivity index is 1.83. The second kappa shape index (κ2) is 6.73. The van der Waals surface area contributed by atoms with Crippen molar-refractivity contribution >= 4 is 38.4 Å². The first-order valence-electron chi connectivity index (χ1n) is 7.09. The van der Waals surface area contributed by atoms with E-state index in [1.165, 1.54) is 4.88 Å². The highest BCUT2D eigenvalue weighted by Crippen LogP contribution is 2.30. The van der Waals surface area contributed by atoms with E-state index < -0.39 is 0 Å². The Labute approximate surface area is 136 Å². The molecule has 0 saturated heterocycles. The van der Waals surface area contributed by atoms with Crippen molar-refractivity contribution in [3.63, 3.8) is 0 Å². The zero-order chi connectivity index (χ0) is 14.7. The third kappa shape index (κ3) is 3.54. The van der Waals surface area contributed by atoms with Gasteiger partial charge in [0, 0.05) is 11.3 Å². The van der Waals surface area contributed by atoms with Gasteiger partial charge in [-0.15, -0.1) is 11.3 Å². The minimum atomic E-state index is 0.245. The lowest BCUT2D eigenvalue weighted by atomic mass is 10.1. The predicted octanol–water partition coefficient (Wildman–Crippen LogP) is 4.94. The Morgan fingerprint density at radius 2 is 2.14 bits per heavy atom. The minimum absolute atomic E-state index is 0.245. The molecule has 2 aromatic heterocycles. The molecule has 0 radical (unpaired) electrons. The molecule has 1 atom stereocenters. The molecule has 0 saturated carbocycles. The van der Waals surface area contributed by atoms with Crippen LogP contribution in [-0.2, 0) is 6.42 Å². The topological polar surface area (TPSA) is 38.1 Å². The number of aromatic nitrogens is 1. The van der Waals surface area contributed by atoms with Gasteiger partial charge in [0.25, 0.3) is 0 Å². The van der Waals surface area contributed by atoms with Gasteiger partial charge in [-0.25, -0.2) is 4.98 Å². The number of nitrogens with one attached hydrogen (secondary N) is 1. The largest absolute Gasteiger partial charge is 0.441 e. The number of benzene rings is 1. The summed E-state index contributed by atoms with van der Waals surface area (Å²) in [6, 6.07) is 12.4. The Hall–Kier alpha value is -1.17. The summed E-state index contributed by atoms with van der Waals surface area (Å²) in [7, 11) is 0. The fourth-order valence-electron chi connectivity index (χ4n) is 2.29. The van der Waals surface area contributed by atoms with Gasteiger partial charge in [0.15, 0.2) is 11.5 Å². The van der Waals surface area contributed by atoms with Crippen LogP contribution in [0, 0.1) is 0 Å². The predicted molar refractivity (Wildman–Crippen MR) is 90.8 cm³/mol. The number of oxazole rings is 1. The molecule has 1 unspecified atom stereocenters. The van der Waals surface area contributed by atoms with Crippen LogP contribution < -0.4 is 5.32 Å². The molecule has 1 aromatic carbocycles. The highest BCUT2D eigenvalue weighted by atomic mass is 79.9. The third-order valence-corrected chi connectivity index (χ3v) is 5.03. The Morgan fingerprint density at radius 3 is 2.86 bits per heavy atom. The van der Waals surface area contributed by atoms with Crippen molar-refractivity contribution in [2.75, 3.05) is 6.54 Å². The van der Waals surface area contributed by atoms with Crippen LogP contribution >= 0.6 is 27.3 Å². The van der Waals surface area contributed by atoms with Crippen molar-refractivity contribution in [1.82, 2.24) is 10.3 Å². The van der Waals surface area contributed by atoms with E-state index in [0.29, 0.717) is 0 Å². The smallest absolute Gasteiger partial charge is 0.197 e. The van der Waals surface area contributed by atoms with E-state index in [0.717, 1.165) is 40.2 Å². The van der Waals surface area contributed by atoms with Crippen LogP contribution in [0.1, 0.15) is 30.2 Å². The van der Waals surface area contributed by atoms with Crippen molar-refractivity contribution in [1.29, 1.82) is 0 Å². The molecule has 21 heavy (non-hydrogen) atoms. The van der Waals surface area contributed by atoms with Crippen molar-refractivity contribution in [2.45, 2.75) is 25.8 Å². The Morgan fingerprint density at radius 1 is 1.29 bits per heavy atom. The Kier molecular flexibility index (Phi) is 4.73. The van der Waals surface area contributed by atoms with Gasteiger partial charge in [0.05, 0.1) is 9.83 Å². The van der Waals surface area contributed by atoms with Gasteiger partial charge in [-0.1, -0.05) is 19.1 Å². The standard InChI is InChI=1S/C16H17BrN2OS/c1-2-9-18-12(14-7-8-15(17)21-14)10-16-19-11-5-3-4-6-13(11)20-16/h3-8,12,18H,2,9-10H2,1H3. The molecule has 3 aromatic rings. The van der Waals surface area contributed by atoms with Gasteiger partial charge in [0.2, 0.25) is 0 Å². The van der Waals surface area contributed by atoms with E-state index in [9.17, 15) is 0 Å². The third-order valence-electron chi connectivity index (χ3n) is 3.30. The quantitative estimate of drug-likeness (QED) is 0.673. The number of para-hydroxylation sites is 2. The molecule has 0 amide bonds. The molecule has 0 aliphatic carbocycles. The average Bonchev–Trinajstić information content (AvgIpc) is 3.08. The van der Waals surface area contributed by atoms with E-state index >= 15 is 0 Å². The normalized spacial score (nSPS) is 12.9. The van der Waals surface area contributed by atoms with E-state index in [4.69, 9.17) is 4.42 Å². The zero-order valence-corrected chi connectivity index (χ0v) is 14.2. The van der Waals surface area contributed by atoms with Gasteiger partial charge in [-0.3, -0.25) is 0 Å². The Bertz CT molecular complexity index is 689. The molecular weight excluding hydrogens is 348 g/mol. The molecule has 0 aliphatic heterocycles. The second-order valence-corrected chi connectivity index (χ2v) is 7.42. The molecule has 0 aliphatic rings. The molecule has 3 rings (SSSR count). The van der Waals surface area contributed by atoms with Gasteiger partial charge in [0.1, 0.15) is 5.52 Å². The number of thiophene rings is 1. The molecule has 2 heterocycles. The minimum Gasteiger partial charge on any atom is -0.441 e. The van der Waals surface area contributed by atoms with Crippen molar-refractivity contribution in [3.05, 3.63) is 51.0 Å². The lowest BCUT2D eigenvalue weighted by Crippen LogP contribution is -2.23. The van der Waals surface area contributed by atoms with Crippen LogP contribution in [0.5, 0.6) is 0 Å². The summed E-state index contributed by atoms with van der Waals surface area (Å²) in [4.78, 5) is 5.88. The van der Waals surface area contributed by atoms with Crippen molar-refractivity contribution < 1.29 is 4.42 Å². The highest BCUT2D eigenvalue weighted by Gasteiger charge is 2.17. The van der Waals surface area contributed by atoms with Crippen LogP contribution in [0.4, 0.5) is 0 Å². The first kappa shape index (κ1) is 14.8. The number of nitrogens with zero attached hydrogens (tertiary/aromatic N) is 1. The van der Waals surface area contributed by atoms with Crippen LogP contribution in [0.3, 0.4) is 0 Å². The first-order valence-corrected chi connectivity index (χ1v) is 8.70. The molecule has 3 nitrogen and oxygen atoms in total. The molecule has 0 spiro atoms. The number of halogens is 1. The summed E-state index contributed by atoms with van der Waals surface area (Å²) in [5, 5.41) is 3.58. The van der Waals surface area contributed by atoms with E-state index in [1.807, 2.05) is 24.3 Å². The number of hydrogen-bond donors (Lipinski definition) is 1. The van der Waals surface area contributed by atoms with Crippen LogP contribution in [0.15, 0.2) is 44.6 Å². The van der Waals surface area contributed by atoms with Crippen LogP contribution in [-0.4, -0.2) is 11.5 Å². The second-order valence-electron chi connectivity index (χ2n) is 4.93. The molecule has 0 fully saturated rings. The zero-order valence-electron chi connectivity index (χ0n) is 11.8. The summed E-state index contributed by atoms with van der Waals surface area (Å²) in [5.41, 5.74) is 1.78. The number of hydrogen-bond acceptors (Lipinski definition) is 4. The SMILES string of the molecule is CCCNC(Cc1nc2ccccc2o1)c1ccc(Br)s1. The molecule has 110 valence electrons. The summed E-state index contributed by atoms with van der Waals surface area (Å²) in [6.45, 7) is 3.16. The summed E-state index contributed by atoms with van der Waals surface area (Å²) in [5.74, 6) is 0.786. The van der Waals surface area contributed by atoms with E-state index in [2.05, 4.69) is 45.3 Å². The monoisotopic (exact) mass is 364 g/mol. The fraction of sp³-hybridized carbons (Fsp3) is 0.312. The highest BCUT2D eigenvalue weighted by molar-refractivity contribution is 9.11. The van der Waals surface area contributed by atoms with Gasteiger partial charge in [-0.05, 0) is 53.2 Å². The number of rotatable bonds is 6. The lowest BCUT2D eigenvalue weighted by molar-refractivity contribution is 0.457. The van der Waals surface area contributed by atoms with Crippen LogP contribution in [0.2, 0.25) is 0 Å². The summed E-state index contributed by atoms with van der Waals surface area (Å²) in [6.07, 6.45) is 1.87. The van der Waals surface area contributed by atoms with Gasteiger partial charge in [-0.2, -0.15) is 0 Å². The maximum Gasteiger partial charge on any atom is 0.197 e. The fourth-order valence-corrected chi connectivity index (χ4v) is 3.79. The lowest BCUT2D eigenvalue weighted by Gasteiger charge is -2.15. The maximum atomic E-state index is 5.85. The average molecular weight is 365 g/mol. The summed E-state index contributed by atoms with van der Waals surface area (Å²) >= 11 is 5.29. The van der Waals surface area contributed by atoms with Crippen molar-refractivity contribution in [3.8, 4) is 0 Å². The summed E-state index contributed by atoms with van der Waals surface area (Å²) < 4.78 is 7.00. The molecule has 1 N–H and O–H groups in total. The van der Waals surface area contributed by atoms with Gasteiger partial charge < -0.3 is 9.73 Å². The van der Waals surface area contributed by atoms with Crippen molar-refractivity contribution in [2.24, 2.45) is 0 Å². The van der Waals surface area contributed by atoms with Crippen LogP contribution in [0.25, 0.3) is 11.1 Å². The number of fused-ring (bicyclic) bond motifs is 1. The van der Waals surface area contributed by atoms with E-state index in [1.54, 1.807) is 11.3 Å². The molecule has 0 bridgehead atoms.